The summed E-state index contributed by atoms with van der Waals surface area (Å²) in [5.41, 5.74) is 0.218. The zero-order valence-corrected chi connectivity index (χ0v) is 12.2. The summed E-state index contributed by atoms with van der Waals surface area (Å²) in [6.45, 7) is 5.07. The van der Waals surface area contributed by atoms with Gasteiger partial charge in [0.25, 0.3) is 0 Å². The number of hydrogen-bond acceptors (Lipinski definition) is 4. The van der Waals surface area contributed by atoms with Gasteiger partial charge in [-0.05, 0) is 18.2 Å². The molecule has 6 heteroatoms. The summed E-state index contributed by atoms with van der Waals surface area (Å²) in [6, 6.07) is 6.46. The largest absolute Gasteiger partial charge is 0.492 e. The Bertz CT molecular complexity index is 622. The standard InChI is InChI=1S/C15H19N3O3/c1-3-13-16-14(4-2)18(17-13)8-9-21-12-7-5-6-11(10-12)15(19)20/h5-7,10H,3-4,8-9H2,1-2H3,(H,19,20). The van der Waals surface area contributed by atoms with E-state index in [0.717, 1.165) is 24.5 Å². The molecule has 0 saturated carbocycles. The normalized spacial score (nSPS) is 10.6. The lowest BCUT2D eigenvalue weighted by Crippen LogP contribution is -2.12. The molecule has 0 amide bonds. The van der Waals surface area contributed by atoms with Crippen molar-refractivity contribution in [3.63, 3.8) is 0 Å². The molecule has 0 aliphatic rings. The summed E-state index contributed by atoms with van der Waals surface area (Å²) in [6.07, 6.45) is 1.63. The number of rotatable bonds is 7. The van der Waals surface area contributed by atoms with Gasteiger partial charge in [-0.1, -0.05) is 19.9 Å². The molecule has 0 aliphatic carbocycles. The number of ether oxygens (including phenoxy) is 1. The van der Waals surface area contributed by atoms with Crippen LogP contribution in [0.4, 0.5) is 0 Å². The third-order valence-electron chi connectivity index (χ3n) is 3.08. The van der Waals surface area contributed by atoms with Crippen LogP contribution in [0.3, 0.4) is 0 Å². The second-order valence-corrected chi connectivity index (χ2v) is 4.56. The average molecular weight is 289 g/mol. The molecule has 0 bridgehead atoms. The second-order valence-electron chi connectivity index (χ2n) is 4.56. The third kappa shape index (κ3) is 3.81. The van der Waals surface area contributed by atoms with Crippen LogP contribution in [0.1, 0.15) is 35.9 Å². The quantitative estimate of drug-likeness (QED) is 0.845. The van der Waals surface area contributed by atoms with E-state index < -0.39 is 5.97 Å². The van der Waals surface area contributed by atoms with Crippen molar-refractivity contribution in [3.8, 4) is 5.75 Å². The highest BCUT2D eigenvalue weighted by atomic mass is 16.5. The Hall–Kier alpha value is -2.37. The lowest BCUT2D eigenvalue weighted by molar-refractivity contribution is 0.0696. The van der Waals surface area contributed by atoms with Crippen molar-refractivity contribution in [1.82, 2.24) is 14.8 Å². The van der Waals surface area contributed by atoms with E-state index in [9.17, 15) is 4.79 Å². The fourth-order valence-electron chi connectivity index (χ4n) is 1.99. The van der Waals surface area contributed by atoms with Crippen LogP contribution in [0.25, 0.3) is 0 Å². The van der Waals surface area contributed by atoms with Crippen molar-refractivity contribution in [3.05, 3.63) is 41.5 Å². The fourth-order valence-corrected chi connectivity index (χ4v) is 1.99. The molecule has 1 aromatic carbocycles. The average Bonchev–Trinajstić information content (AvgIpc) is 2.90. The van der Waals surface area contributed by atoms with Crippen molar-refractivity contribution in [1.29, 1.82) is 0 Å². The predicted octanol–water partition coefficient (Wildman–Crippen LogP) is 2.18. The van der Waals surface area contributed by atoms with E-state index in [4.69, 9.17) is 9.84 Å². The Morgan fingerprint density at radius 2 is 2.14 bits per heavy atom. The highest BCUT2D eigenvalue weighted by molar-refractivity contribution is 5.87. The minimum absolute atomic E-state index is 0.218. The highest BCUT2D eigenvalue weighted by Gasteiger charge is 2.07. The van der Waals surface area contributed by atoms with Crippen LogP contribution < -0.4 is 4.74 Å². The van der Waals surface area contributed by atoms with E-state index in [1.165, 1.54) is 12.1 Å². The van der Waals surface area contributed by atoms with Gasteiger partial charge >= 0.3 is 5.97 Å². The van der Waals surface area contributed by atoms with E-state index in [0.29, 0.717) is 18.9 Å². The zero-order valence-electron chi connectivity index (χ0n) is 12.2. The molecular formula is C15H19N3O3. The van der Waals surface area contributed by atoms with Crippen LogP contribution in [0.15, 0.2) is 24.3 Å². The number of carboxylic acid groups (broad SMARTS) is 1. The van der Waals surface area contributed by atoms with Crippen LogP contribution in [0.2, 0.25) is 0 Å². The molecule has 0 unspecified atom stereocenters. The fraction of sp³-hybridized carbons (Fsp3) is 0.400. The maximum Gasteiger partial charge on any atom is 0.335 e. The molecule has 21 heavy (non-hydrogen) atoms. The Morgan fingerprint density at radius 1 is 1.33 bits per heavy atom. The highest BCUT2D eigenvalue weighted by Crippen LogP contribution is 2.13. The van der Waals surface area contributed by atoms with E-state index in [-0.39, 0.29) is 5.56 Å². The molecule has 0 radical (unpaired) electrons. The molecule has 2 aromatic rings. The van der Waals surface area contributed by atoms with Gasteiger partial charge in [0.1, 0.15) is 18.2 Å². The topological polar surface area (TPSA) is 77.2 Å². The van der Waals surface area contributed by atoms with E-state index >= 15 is 0 Å². The maximum atomic E-state index is 10.9. The summed E-state index contributed by atoms with van der Waals surface area (Å²) >= 11 is 0. The van der Waals surface area contributed by atoms with Crippen LogP contribution in [0.5, 0.6) is 5.75 Å². The number of carboxylic acids is 1. The van der Waals surface area contributed by atoms with Gasteiger partial charge in [-0.2, -0.15) is 5.10 Å². The van der Waals surface area contributed by atoms with Gasteiger partial charge in [0, 0.05) is 12.8 Å². The van der Waals surface area contributed by atoms with Gasteiger partial charge in [0.15, 0.2) is 5.82 Å². The number of nitrogens with zero attached hydrogens (tertiary/aromatic N) is 3. The molecule has 0 saturated heterocycles. The van der Waals surface area contributed by atoms with Crippen molar-refractivity contribution < 1.29 is 14.6 Å². The minimum atomic E-state index is -0.961. The summed E-state index contributed by atoms with van der Waals surface area (Å²) in [5.74, 6) is 1.36. The molecule has 1 N–H and O–H groups in total. The first-order valence-corrected chi connectivity index (χ1v) is 7.02. The van der Waals surface area contributed by atoms with Gasteiger partial charge in [-0.25, -0.2) is 14.5 Å². The number of carbonyl (C=O) groups is 1. The molecule has 1 aromatic heterocycles. The first-order valence-electron chi connectivity index (χ1n) is 7.02. The van der Waals surface area contributed by atoms with Crippen LogP contribution in [0, 0.1) is 0 Å². The predicted molar refractivity (Wildman–Crippen MR) is 77.7 cm³/mol. The smallest absolute Gasteiger partial charge is 0.335 e. The number of hydrogen-bond donors (Lipinski definition) is 1. The van der Waals surface area contributed by atoms with Gasteiger partial charge in [0.05, 0.1) is 12.1 Å². The molecule has 6 nitrogen and oxygen atoms in total. The van der Waals surface area contributed by atoms with E-state index in [2.05, 4.69) is 10.1 Å². The summed E-state index contributed by atoms with van der Waals surface area (Å²) in [5, 5.41) is 13.3. The van der Waals surface area contributed by atoms with Crippen molar-refractivity contribution in [2.24, 2.45) is 0 Å². The Morgan fingerprint density at radius 3 is 2.81 bits per heavy atom. The van der Waals surface area contributed by atoms with E-state index in [1.807, 2.05) is 18.5 Å². The molecular weight excluding hydrogens is 270 g/mol. The Labute approximate surface area is 123 Å². The summed E-state index contributed by atoms with van der Waals surface area (Å²) < 4.78 is 7.44. The van der Waals surface area contributed by atoms with Crippen LogP contribution in [-0.4, -0.2) is 32.4 Å². The van der Waals surface area contributed by atoms with E-state index in [1.54, 1.807) is 12.1 Å². The van der Waals surface area contributed by atoms with Crippen molar-refractivity contribution >= 4 is 5.97 Å². The first kappa shape index (κ1) is 15.0. The lowest BCUT2D eigenvalue weighted by Gasteiger charge is -2.08. The number of benzene rings is 1. The van der Waals surface area contributed by atoms with Gasteiger partial charge in [-0.3, -0.25) is 0 Å². The molecule has 0 fully saturated rings. The molecule has 0 atom stereocenters. The Balaban J connectivity index is 1.96. The molecule has 0 spiro atoms. The number of aromatic carboxylic acids is 1. The first-order chi connectivity index (χ1) is 10.1. The van der Waals surface area contributed by atoms with Crippen LogP contribution in [-0.2, 0) is 19.4 Å². The second kappa shape index (κ2) is 6.88. The minimum Gasteiger partial charge on any atom is -0.492 e. The molecule has 0 aliphatic heterocycles. The number of aromatic nitrogens is 3. The summed E-state index contributed by atoms with van der Waals surface area (Å²) in [4.78, 5) is 15.3. The SMILES string of the molecule is CCc1nc(CC)n(CCOc2cccc(C(=O)O)c2)n1. The molecule has 112 valence electrons. The summed E-state index contributed by atoms with van der Waals surface area (Å²) in [7, 11) is 0. The van der Waals surface area contributed by atoms with Gasteiger partial charge in [0.2, 0.25) is 0 Å². The maximum absolute atomic E-state index is 10.9. The lowest BCUT2D eigenvalue weighted by atomic mass is 10.2. The molecule has 2 rings (SSSR count). The third-order valence-corrected chi connectivity index (χ3v) is 3.08. The monoisotopic (exact) mass is 289 g/mol. The molecule has 1 heterocycles. The Kier molecular flexibility index (Phi) is 4.92. The number of aryl methyl sites for hydroxylation is 2. The van der Waals surface area contributed by atoms with Gasteiger partial charge in [-0.15, -0.1) is 0 Å². The zero-order chi connectivity index (χ0) is 15.2. The van der Waals surface area contributed by atoms with Gasteiger partial charge < -0.3 is 9.84 Å². The van der Waals surface area contributed by atoms with Crippen molar-refractivity contribution in [2.75, 3.05) is 6.61 Å². The van der Waals surface area contributed by atoms with Crippen molar-refractivity contribution in [2.45, 2.75) is 33.2 Å². The van der Waals surface area contributed by atoms with Crippen LogP contribution >= 0.6 is 0 Å².